The molecule has 1 aliphatic rings. The number of amides is 3. The number of anilines is 1. The lowest BCUT2D eigenvalue weighted by Gasteiger charge is -2.19. The Kier molecular flexibility index (Phi) is 9.41. The summed E-state index contributed by atoms with van der Waals surface area (Å²) in [6.07, 6.45) is -0.636. The largest absolute Gasteiger partial charge is 0.496 e. The quantitative estimate of drug-likeness (QED) is 0.376. The molecule has 3 amide bonds. The highest BCUT2D eigenvalue weighted by Crippen LogP contribution is 2.35. The Bertz CT molecular complexity index is 1530. The van der Waals surface area contributed by atoms with Crippen molar-refractivity contribution in [1.82, 2.24) is 15.2 Å². The molecular formula is C28H26Cl2FN5O5. The number of likely N-dealkylation sites (N-methyl/N-ethyl adjacent to an activating group) is 1. The second-order valence-corrected chi connectivity index (χ2v) is 9.56. The number of rotatable bonds is 9. The van der Waals surface area contributed by atoms with Crippen LogP contribution in [0.4, 0.5) is 10.1 Å². The number of methoxy groups -OCH3 is 1. The number of nitrogens with one attached hydrogen (secondary N) is 2. The molecule has 0 fully saturated rings. The lowest BCUT2D eigenvalue weighted by molar-refractivity contribution is -0.133. The van der Waals surface area contributed by atoms with Crippen molar-refractivity contribution in [3.8, 4) is 11.6 Å². The Morgan fingerprint density at radius 3 is 2.59 bits per heavy atom. The van der Waals surface area contributed by atoms with Crippen LogP contribution in [0.15, 0.2) is 53.7 Å². The van der Waals surface area contributed by atoms with Gasteiger partial charge >= 0.3 is 0 Å². The molecule has 4 rings (SSSR count). The van der Waals surface area contributed by atoms with Gasteiger partial charge in [-0.3, -0.25) is 14.4 Å². The van der Waals surface area contributed by atoms with E-state index in [2.05, 4.69) is 20.6 Å². The van der Waals surface area contributed by atoms with E-state index in [-0.39, 0.29) is 28.1 Å². The molecule has 0 radical (unpaired) electrons. The minimum Gasteiger partial charge on any atom is -0.496 e. The van der Waals surface area contributed by atoms with Crippen molar-refractivity contribution in [2.45, 2.75) is 20.0 Å². The number of hydrogen-bond acceptors (Lipinski definition) is 7. The summed E-state index contributed by atoms with van der Waals surface area (Å²) in [5.41, 5.74) is 1.17. The van der Waals surface area contributed by atoms with E-state index in [1.807, 2.05) is 13.8 Å². The second kappa shape index (κ2) is 13.0. The molecule has 0 saturated heterocycles. The molecule has 0 bridgehead atoms. The van der Waals surface area contributed by atoms with E-state index in [9.17, 15) is 18.8 Å². The van der Waals surface area contributed by atoms with Gasteiger partial charge in [-0.2, -0.15) is 0 Å². The highest BCUT2D eigenvalue weighted by Gasteiger charge is 2.31. The maximum absolute atomic E-state index is 14.2. The van der Waals surface area contributed by atoms with Crippen LogP contribution in [0.25, 0.3) is 0 Å². The third-order valence-electron chi connectivity index (χ3n) is 6.20. The van der Waals surface area contributed by atoms with E-state index in [4.69, 9.17) is 32.7 Å². The third-order valence-corrected chi connectivity index (χ3v) is 6.72. The Hall–Kier alpha value is -4.22. The lowest BCUT2D eigenvalue weighted by atomic mass is 9.99. The van der Waals surface area contributed by atoms with Crippen molar-refractivity contribution in [1.29, 1.82) is 0 Å². The van der Waals surface area contributed by atoms with Gasteiger partial charge in [-0.05, 0) is 38.1 Å². The average Bonchev–Trinajstić information content (AvgIpc) is 3.08. The first-order chi connectivity index (χ1) is 19.7. The standard InChI is InChI=1S/C28H26Cl2FN5O5/c1-4-36(5-2)22(37)14-41-28-18(12-16(31)13-32-28)26(38)35-25-27(39)33-20-9-7-6-8-17(20)24(34-25)23-19(30)10-15(29)11-21(23)40-3/h6-13,25H,4-5,14H2,1-3H3,(H,33,39)(H,35,38). The molecule has 0 aliphatic carbocycles. The second-order valence-electron chi connectivity index (χ2n) is 8.71. The monoisotopic (exact) mass is 601 g/mol. The van der Waals surface area contributed by atoms with Crippen LogP contribution < -0.4 is 20.1 Å². The zero-order chi connectivity index (χ0) is 29.7. The van der Waals surface area contributed by atoms with E-state index < -0.39 is 30.4 Å². The van der Waals surface area contributed by atoms with E-state index in [1.54, 1.807) is 30.3 Å². The highest BCUT2D eigenvalue weighted by molar-refractivity contribution is 6.39. The van der Waals surface area contributed by atoms with Crippen LogP contribution in [-0.4, -0.2) is 66.3 Å². The highest BCUT2D eigenvalue weighted by atomic mass is 35.5. The first-order valence-corrected chi connectivity index (χ1v) is 13.3. The van der Waals surface area contributed by atoms with Crippen LogP contribution in [-0.2, 0) is 9.59 Å². The molecule has 1 aliphatic heterocycles. The van der Waals surface area contributed by atoms with Crippen LogP contribution in [0.5, 0.6) is 11.6 Å². The number of benzodiazepines with no additional fused rings is 1. The van der Waals surface area contributed by atoms with Crippen molar-refractivity contribution < 1.29 is 28.2 Å². The van der Waals surface area contributed by atoms with E-state index in [0.29, 0.717) is 40.7 Å². The summed E-state index contributed by atoms with van der Waals surface area (Å²) in [6, 6.07) is 10.8. The molecule has 2 N–H and O–H groups in total. The number of nitrogens with zero attached hydrogens (tertiary/aromatic N) is 3. The molecule has 214 valence electrons. The van der Waals surface area contributed by atoms with Crippen LogP contribution in [0, 0.1) is 5.82 Å². The first-order valence-electron chi connectivity index (χ1n) is 12.5. The van der Waals surface area contributed by atoms with Gasteiger partial charge in [0.25, 0.3) is 17.7 Å². The Morgan fingerprint density at radius 1 is 1.15 bits per heavy atom. The van der Waals surface area contributed by atoms with Gasteiger partial charge in [-0.15, -0.1) is 0 Å². The minimum absolute atomic E-state index is 0.199. The number of para-hydroxylation sites is 1. The number of fused-ring (bicyclic) bond motifs is 1. The molecule has 0 spiro atoms. The SMILES string of the molecule is CCN(CC)C(=O)COc1ncc(F)cc1C(=O)NC1N=C(c2c(Cl)cc(Cl)cc2OC)c2ccccc2NC1=O. The number of carbonyl (C=O) groups is 3. The summed E-state index contributed by atoms with van der Waals surface area (Å²) in [5.74, 6) is -2.74. The molecule has 0 saturated carbocycles. The molecule has 1 unspecified atom stereocenters. The van der Waals surface area contributed by atoms with Gasteiger partial charge in [0.2, 0.25) is 12.0 Å². The van der Waals surface area contributed by atoms with Gasteiger partial charge in [0.05, 0.1) is 35.3 Å². The predicted octanol–water partition coefficient (Wildman–Crippen LogP) is 4.33. The molecule has 2 heterocycles. The zero-order valence-corrected chi connectivity index (χ0v) is 23.8. The topological polar surface area (TPSA) is 122 Å². The Balaban J connectivity index is 1.71. The predicted molar refractivity (Wildman–Crippen MR) is 153 cm³/mol. The summed E-state index contributed by atoms with van der Waals surface area (Å²) < 4.78 is 25.2. The van der Waals surface area contributed by atoms with E-state index in [0.717, 1.165) is 12.3 Å². The first kappa shape index (κ1) is 29.8. The van der Waals surface area contributed by atoms with Gasteiger partial charge in [0.15, 0.2) is 6.61 Å². The molecule has 13 heteroatoms. The Labute approximate surface area is 245 Å². The van der Waals surface area contributed by atoms with Gasteiger partial charge in [0.1, 0.15) is 17.1 Å². The Morgan fingerprint density at radius 2 is 1.88 bits per heavy atom. The number of halogens is 3. The van der Waals surface area contributed by atoms with Crippen molar-refractivity contribution in [2.75, 3.05) is 32.1 Å². The number of aliphatic imine (C=N–C) groups is 1. The van der Waals surface area contributed by atoms with Gasteiger partial charge < -0.3 is 25.0 Å². The summed E-state index contributed by atoms with van der Waals surface area (Å²) in [6.45, 7) is 4.13. The lowest BCUT2D eigenvalue weighted by Crippen LogP contribution is -2.42. The van der Waals surface area contributed by atoms with Gasteiger partial charge in [0, 0.05) is 23.7 Å². The average molecular weight is 602 g/mol. The van der Waals surface area contributed by atoms with E-state index >= 15 is 0 Å². The van der Waals surface area contributed by atoms with Crippen LogP contribution in [0.3, 0.4) is 0 Å². The van der Waals surface area contributed by atoms with Crippen LogP contribution in [0.1, 0.15) is 35.3 Å². The summed E-state index contributed by atoms with van der Waals surface area (Å²) >= 11 is 12.7. The zero-order valence-electron chi connectivity index (χ0n) is 22.3. The number of aromatic nitrogens is 1. The number of hydrogen-bond donors (Lipinski definition) is 2. The van der Waals surface area contributed by atoms with Crippen molar-refractivity contribution in [3.05, 3.63) is 81.2 Å². The molecule has 1 atom stereocenters. The summed E-state index contributed by atoms with van der Waals surface area (Å²) in [5, 5.41) is 5.76. The molecule has 41 heavy (non-hydrogen) atoms. The maximum atomic E-state index is 14.2. The van der Waals surface area contributed by atoms with E-state index in [1.165, 1.54) is 18.1 Å². The van der Waals surface area contributed by atoms with Crippen LogP contribution in [0.2, 0.25) is 10.0 Å². The number of carbonyl (C=O) groups excluding carboxylic acids is 3. The smallest absolute Gasteiger partial charge is 0.269 e. The minimum atomic E-state index is -1.49. The van der Waals surface area contributed by atoms with Gasteiger partial charge in [-0.25, -0.2) is 14.4 Å². The fraction of sp³-hybridized carbons (Fsp3) is 0.250. The normalized spacial score (nSPS) is 14.2. The van der Waals surface area contributed by atoms with Crippen LogP contribution >= 0.6 is 23.2 Å². The summed E-state index contributed by atoms with van der Waals surface area (Å²) in [4.78, 5) is 48.9. The number of pyridine rings is 1. The molecule has 1 aromatic heterocycles. The molecule has 10 nitrogen and oxygen atoms in total. The number of ether oxygens (including phenoxy) is 2. The van der Waals surface area contributed by atoms with Gasteiger partial charge in [-0.1, -0.05) is 41.4 Å². The third kappa shape index (κ3) is 6.58. The fourth-order valence-corrected chi connectivity index (χ4v) is 4.76. The summed E-state index contributed by atoms with van der Waals surface area (Å²) in [7, 11) is 1.43. The maximum Gasteiger partial charge on any atom is 0.269 e. The molecule has 3 aromatic rings. The van der Waals surface area contributed by atoms with Crippen molar-refractivity contribution in [2.24, 2.45) is 4.99 Å². The van der Waals surface area contributed by atoms with Crippen molar-refractivity contribution >= 4 is 52.3 Å². The molecule has 2 aromatic carbocycles. The molecular weight excluding hydrogens is 576 g/mol. The number of benzene rings is 2. The fourth-order valence-electron chi connectivity index (χ4n) is 4.20. The van der Waals surface area contributed by atoms with Crippen molar-refractivity contribution in [3.63, 3.8) is 0 Å².